The molecule has 2 aliphatic heterocycles. The number of piperidine rings is 1. The molecule has 3 rings (SSSR count). The van der Waals surface area contributed by atoms with Gasteiger partial charge in [-0.25, -0.2) is 17.6 Å². The highest BCUT2D eigenvalue weighted by Gasteiger charge is 2.29. The van der Waals surface area contributed by atoms with Crippen molar-refractivity contribution in [1.82, 2.24) is 4.90 Å². The lowest BCUT2D eigenvalue weighted by atomic mass is 9.96. The molecule has 25 heavy (non-hydrogen) atoms. The molecule has 138 valence electrons. The third-order valence-electron chi connectivity index (χ3n) is 4.96. The predicted octanol–water partition coefficient (Wildman–Crippen LogP) is 3.02. The van der Waals surface area contributed by atoms with E-state index in [1.54, 1.807) is 4.90 Å². The van der Waals surface area contributed by atoms with Crippen LogP contribution in [-0.4, -0.2) is 44.7 Å². The molecule has 2 fully saturated rings. The van der Waals surface area contributed by atoms with Crippen molar-refractivity contribution in [1.29, 1.82) is 0 Å². The molecule has 1 unspecified atom stereocenters. The van der Waals surface area contributed by atoms with Crippen molar-refractivity contribution in [2.75, 3.05) is 35.0 Å². The largest absolute Gasteiger partial charge is 0.324 e. The molecule has 1 aromatic carbocycles. The zero-order valence-electron chi connectivity index (χ0n) is 14.4. The van der Waals surface area contributed by atoms with Gasteiger partial charge in [0, 0.05) is 19.6 Å². The maximum atomic E-state index is 14.1. The van der Waals surface area contributed by atoms with Crippen LogP contribution in [0, 0.1) is 11.7 Å². The zero-order chi connectivity index (χ0) is 18.0. The van der Waals surface area contributed by atoms with Gasteiger partial charge in [0.2, 0.25) is 10.0 Å². The van der Waals surface area contributed by atoms with Gasteiger partial charge in [-0.2, -0.15) is 0 Å². The van der Waals surface area contributed by atoms with Crippen LogP contribution < -0.4 is 9.62 Å². The topological polar surface area (TPSA) is 69.7 Å². The van der Waals surface area contributed by atoms with Crippen LogP contribution in [0.2, 0.25) is 0 Å². The molecule has 0 aromatic heterocycles. The Kier molecular flexibility index (Phi) is 5.17. The minimum Gasteiger partial charge on any atom is -0.324 e. The summed E-state index contributed by atoms with van der Waals surface area (Å²) in [6.07, 6.45) is 3.62. The minimum absolute atomic E-state index is 0.0169. The molecular weight excluding hydrogens is 345 g/mol. The molecule has 1 aromatic rings. The summed E-state index contributed by atoms with van der Waals surface area (Å²) in [5, 5.41) is 2.61. The van der Waals surface area contributed by atoms with E-state index in [0.29, 0.717) is 37.7 Å². The maximum absolute atomic E-state index is 14.1. The van der Waals surface area contributed by atoms with Crippen LogP contribution >= 0.6 is 0 Å². The molecule has 0 spiro atoms. The molecule has 2 heterocycles. The molecule has 2 saturated heterocycles. The molecule has 8 heteroatoms. The standard InChI is InChI=1S/C17H24FN3O3S/c1-2-13-5-3-8-20(12-13)17(22)19-16-11-14(6-7-15(16)18)21-9-4-10-25(21,23)24/h6-7,11,13H,2-5,8-10,12H2,1H3,(H,19,22). The second-order valence-corrected chi connectivity index (χ2v) is 8.71. The van der Waals surface area contributed by atoms with E-state index >= 15 is 0 Å². The average Bonchev–Trinajstić information content (AvgIpc) is 2.96. The summed E-state index contributed by atoms with van der Waals surface area (Å²) in [6.45, 7) is 3.81. The number of carbonyl (C=O) groups is 1. The molecular formula is C17H24FN3O3S. The normalized spacial score (nSPS) is 22.9. The molecule has 2 amide bonds. The van der Waals surface area contributed by atoms with E-state index < -0.39 is 15.8 Å². The molecule has 0 bridgehead atoms. The van der Waals surface area contributed by atoms with E-state index in [4.69, 9.17) is 0 Å². The van der Waals surface area contributed by atoms with Gasteiger partial charge in [0.25, 0.3) is 0 Å². The number of anilines is 2. The van der Waals surface area contributed by atoms with Crippen molar-refractivity contribution >= 4 is 27.4 Å². The second kappa shape index (κ2) is 7.19. The van der Waals surface area contributed by atoms with Gasteiger partial charge in [-0.05, 0) is 43.4 Å². The van der Waals surface area contributed by atoms with Gasteiger partial charge < -0.3 is 10.2 Å². The SMILES string of the molecule is CCC1CCCN(C(=O)Nc2cc(N3CCCS3(=O)=O)ccc2F)C1. The lowest BCUT2D eigenvalue weighted by Crippen LogP contribution is -2.42. The van der Waals surface area contributed by atoms with Crippen LogP contribution in [-0.2, 0) is 10.0 Å². The monoisotopic (exact) mass is 369 g/mol. The van der Waals surface area contributed by atoms with Gasteiger partial charge in [-0.1, -0.05) is 13.3 Å². The first kappa shape index (κ1) is 18.0. The number of halogens is 1. The second-order valence-electron chi connectivity index (χ2n) is 6.70. The van der Waals surface area contributed by atoms with E-state index in [-0.39, 0.29) is 17.5 Å². The molecule has 0 aliphatic carbocycles. The fraction of sp³-hybridized carbons (Fsp3) is 0.588. The van der Waals surface area contributed by atoms with E-state index in [2.05, 4.69) is 12.2 Å². The number of hydrogen-bond acceptors (Lipinski definition) is 3. The van der Waals surface area contributed by atoms with E-state index in [9.17, 15) is 17.6 Å². The van der Waals surface area contributed by atoms with Crippen molar-refractivity contribution in [2.24, 2.45) is 5.92 Å². The van der Waals surface area contributed by atoms with Gasteiger partial charge >= 0.3 is 6.03 Å². The first-order valence-corrected chi connectivity index (χ1v) is 10.4. The highest BCUT2D eigenvalue weighted by Crippen LogP contribution is 2.28. The molecule has 1 atom stereocenters. The van der Waals surface area contributed by atoms with Crippen LogP contribution in [0.1, 0.15) is 32.6 Å². The van der Waals surface area contributed by atoms with Gasteiger partial charge in [0.15, 0.2) is 0 Å². The van der Waals surface area contributed by atoms with Crippen LogP contribution in [0.4, 0.5) is 20.6 Å². The van der Waals surface area contributed by atoms with Crippen LogP contribution in [0.3, 0.4) is 0 Å². The Hall–Kier alpha value is -1.83. The molecule has 2 aliphatic rings. The quantitative estimate of drug-likeness (QED) is 0.890. The number of benzene rings is 1. The number of rotatable bonds is 3. The van der Waals surface area contributed by atoms with Crippen LogP contribution in [0.5, 0.6) is 0 Å². The fourth-order valence-electron chi connectivity index (χ4n) is 3.47. The number of carbonyl (C=O) groups excluding carboxylic acids is 1. The Balaban J connectivity index is 1.76. The summed E-state index contributed by atoms with van der Waals surface area (Å²) in [4.78, 5) is 14.2. The smallest absolute Gasteiger partial charge is 0.321 e. The van der Waals surface area contributed by atoms with Gasteiger partial charge in [0.05, 0.1) is 17.1 Å². The lowest BCUT2D eigenvalue weighted by Gasteiger charge is -2.32. The first-order chi connectivity index (χ1) is 11.9. The Morgan fingerprint density at radius 1 is 1.32 bits per heavy atom. The summed E-state index contributed by atoms with van der Waals surface area (Å²) >= 11 is 0. The summed E-state index contributed by atoms with van der Waals surface area (Å²) in [6, 6.07) is 3.70. The average molecular weight is 369 g/mol. The minimum atomic E-state index is -3.34. The highest BCUT2D eigenvalue weighted by molar-refractivity contribution is 7.93. The van der Waals surface area contributed by atoms with E-state index in [0.717, 1.165) is 19.3 Å². The number of nitrogens with one attached hydrogen (secondary N) is 1. The molecule has 0 radical (unpaired) electrons. The Morgan fingerprint density at radius 2 is 2.12 bits per heavy atom. The van der Waals surface area contributed by atoms with Crippen molar-refractivity contribution in [3.8, 4) is 0 Å². The van der Waals surface area contributed by atoms with E-state index in [1.807, 2.05) is 0 Å². The van der Waals surface area contributed by atoms with Crippen LogP contribution in [0.15, 0.2) is 18.2 Å². The Bertz CT molecular complexity index is 754. The lowest BCUT2D eigenvalue weighted by molar-refractivity contribution is 0.176. The number of likely N-dealkylation sites (tertiary alicyclic amines) is 1. The fourth-order valence-corrected chi connectivity index (χ4v) is 5.03. The summed E-state index contributed by atoms with van der Waals surface area (Å²) in [5.41, 5.74) is 0.405. The van der Waals surface area contributed by atoms with Gasteiger partial charge in [-0.3, -0.25) is 4.31 Å². The first-order valence-electron chi connectivity index (χ1n) is 8.76. The van der Waals surface area contributed by atoms with Crippen molar-refractivity contribution in [2.45, 2.75) is 32.6 Å². The van der Waals surface area contributed by atoms with Crippen LogP contribution in [0.25, 0.3) is 0 Å². The summed E-state index contributed by atoms with van der Waals surface area (Å²) < 4.78 is 39.5. The van der Waals surface area contributed by atoms with E-state index in [1.165, 1.54) is 22.5 Å². The maximum Gasteiger partial charge on any atom is 0.321 e. The molecule has 0 saturated carbocycles. The van der Waals surface area contributed by atoms with Gasteiger partial charge in [-0.15, -0.1) is 0 Å². The highest BCUT2D eigenvalue weighted by atomic mass is 32.2. The number of hydrogen-bond donors (Lipinski definition) is 1. The van der Waals surface area contributed by atoms with Crippen molar-refractivity contribution < 1.29 is 17.6 Å². The van der Waals surface area contributed by atoms with Crippen molar-refractivity contribution in [3.05, 3.63) is 24.0 Å². The Morgan fingerprint density at radius 3 is 2.80 bits per heavy atom. The van der Waals surface area contributed by atoms with Gasteiger partial charge in [0.1, 0.15) is 5.82 Å². The number of sulfonamides is 1. The number of nitrogens with zero attached hydrogens (tertiary/aromatic N) is 2. The summed E-state index contributed by atoms with van der Waals surface area (Å²) in [7, 11) is -3.34. The molecule has 6 nitrogen and oxygen atoms in total. The third-order valence-corrected chi connectivity index (χ3v) is 6.83. The number of urea groups is 1. The van der Waals surface area contributed by atoms with Crippen molar-refractivity contribution in [3.63, 3.8) is 0 Å². The number of amides is 2. The predicted molar refractivity (Wildman–Crippen MR) is 95.8 cm³/mol. The zero-order valence-corrected chi connectivity index (χ0v) is 15.2. The Labute approximate surface area is 148 Å². The summed E-state index contributed by atoms with van der Waals surface area (Å²) in [5.74, 6) is 0.00120. The molecule has 1 N–H and O–H groups in total. The third kappa shape index (κ3) is 3.89.